The summed E-state index contributed by atoms with van der Waals surface area (Å²) in [4.78, 5) is 49.3. The number of amides is 1. The van der Waals surface area contributed by atoms with Crippen LogP contribution in [0.1, 0.15) is 26.3 Å². The molecule has 0 atom stereocenters. The van der Waals surface area contributed by atoms with Gasteiger partial charge in [-0.2, -0.15) is 0 Å². The lowest BCUT2D eigenvalue weighted by Gasteiger charge is -2.07. The summed E-state index contributed by atoms with van der Waals surface area (Å²) in [5, 5.41) is 29.4. The standard InChI is InChI=1S/C21H15N5O7/c1-13-3-2-4-14(11-13)20(27)23-22-15-5-7-16(8-6-15)24-33-21(28)18-10-9-17(25(29)30)12-19(18)26(31)32/h2-12,24H,1H3. The molecule has 166 valence electrons. The van der Waals surface area contributed by atoms with Gasteiger partial charge in [-0.05, 0) is 49.4 Å². The second-order valence-electron chi connectivity index (χ2n) is 6.63. The highest BCUT2D eigenvalue weighted by atomic mass is 16.7. The lowest BCUT2D eigenvalue weighted by molar-refractivity contribution is -0.394. The third-order valence-electron chi connectivity index (χ3n) is 4.26. The van der Waals surface area contributed by atoms with Crippen LogP contribution >= 0.6 is 0 Å². The molecular weight excluding hydrogens is 434 g/mol. The van der Waals surface area contributed by atoms with E-state index in [1.54, 1.807) is 18.2 Å². The number of benzene rings is 3. The Hall–Kier alpha value is -5.00. The molecule has 1 N–H and O–H groups in total. The zero-order chi connectivity index (χ0) is 24.0. The van der Waals surface area contributed by atoms with Gasteiger partial charge in [0.25, 0.3) is 17.3 Å². The molecule has 12 nitrogen and oxygen atoms in total. The Morgan fingerprint density at radius 1 is 0.939 bits per heavy atom. The molecule has 0 saturated carbocycles. The molecule has 3 aromatic carbocycles. The Bertz CT molecular complexity index is 1270. The van der Waals surface area contributed by atoms with Crippen LogP contribution in [0.2, 0.25) is 0 Å². The molecule has 0 saturated heterocycles. The zero-order valence-electron chi connectivity index (χ0n) is 17.0. The van der Waals surface area contributed by atoms with E-state index in [9.17, 15) is 29.8 Å². The van der Waals surface area contributed by atoms with E-state index in [1.807, 2.05) is 13.0 Å². The summed E-state index contributed by atoms with van der Waals surface area (Å²) in [6, 6.07) is 15.4. The maximum Gasteiger partial charge on any atom is 0.369 e. The van der Waals surface area contributed by atoms with Gasteiger partial charge in [-0.3, -0.25) is 25.0 Å². The van der Waals surface area contributed by atoms with Crippen LogP contribution in [0.15, 0.2) is 77.0 Å². The fourth-order valence-corrected chi connectivity index (χ4v) is 2.65. The summed E-state index contributed by atoms with van der Waals surface area (Å²) in [5.74, 6) is -1.61. The quantitative estimate of drug-likeness (QED) is 0.301. The topological polar surface area (TPSA) is 166 Å². The van der Waals surface area contributed by atoms with E-state index in [-0.39, 0.29) is 0 Å². The van der Waals surface area contributed by atoms with E-state index in [0.29, 0.717) is 23.0 Å². The van der Waals surface area contributed by atoms with E-state index in [1.165, 1.54) is 24.3 Å². The summed E-state index contributed by atoms with van der Waals surface area (Å²) in [5.41, 5.74) is 2.56. The van der Waals surface area contributed by atoms with Crippen LogP contribution in [0.25, 0.3) is 0 Å². The number of non-ortho nitro benzene ring substituents is 1. The van der Waals surface area contributed by atoms with Gasteiger partial charge in [-0.15, -0.1) is 10.2 Å². The van der Waals surface area contributed by atoms with Gasteiger partial charge in [-0.1, -0.05) is 17.7 Å². The number of nitrogens with zero attached hydrogens (tertiary/aromatic N) is 4. The van der Waals surface area contributed by atoms with Crippen molar-refractivity contribution in [3.8, 4) is 0 Å². The number of aryl methyl sites for hydroxylation is 1. The normalized spacial score (nSPS) is 10.6. The van der Waals surface area contributed by atoms with Crippen molar-refractivity contribution in [3.05, 3.63) is 104 Å². The van der Waals surface area contributed by atoms with Crippen molar-refractivity contribution in [1.82, 2.24) is 0 Å². The third kappa shape index (κ3) is 5.79. The minimum atomic E-state index is -1.11. The first-order valence-corrected chi connectivity index (χ1v) is 9.27. The smallest absolute Gasteiger partial charge is 0.338 e. The molecule has 3 aromatic rings. The van der Waals surface area contributed by atoms with Crippen molar-refractivity contribution in [2.24, 2.45) is 10.2 Å². The number of nitro benzene ring substituents is 2. The van der Waals surface area contributed by atoms with Gasteiger partial charge in [-0.25, -0.2) is 10.3 Å². The second-order valence-corrected chi connectivity index (χ2v) is 6.63. The van der Waals surface area contributed by atoms with Crippen LogP contribution < -0.4 is 5.48 Å². The molecule has 0 aliphatic carbocycles. The van der Waals surface area contributed by atoms with Crippen molar-refractivity contribution in [1.29, 1.82) is 0 Å². The average molecular weight is 449 g/mol. The molecule has 0 fully saturated rings. The monoisotopic (exact) mass is 449 g/mol. The van der Waals surface area contributed by atoms with Crippen LogP contribution in [0.5, 0.6) is 0 Å². The van der Waals surface area contributed by atoms with Gasteiger partial charge in [0.1, 0.15) is 5.56 Å². The average Bonchev–Trinajstić information content (AvgIpc) is 2.81. The Morgan fingerprint density at radius 2 is 1.67 bits per heavy atom. The molecule has 0 aliphatic heterocycles. The van der Waals surface area contributed by atoms with E-state index >= 15 is 0 Å². The molecule has 0 heterocycles. The molecule has 0 aromatic heterocycles. The largest absolute Gasteiger partial charge is 0.369 e. The summed E-state index contributed by atoms with van der Waals surface area (Å²) in [7, 11) is 0. The fraction of sp³-hybridized carbons (Fsp3) is 0.0476. The van der Waals surface area contributed by atoms with Crippen LogP contribution in [0.3, 0.4) is 0 Å². The van der Waals surface area contributed by atoms with E-state index in [0.717, 1.165) is 17.7 Å². The highest BCUT2D eigenvalue weighted by Crippen LogP contribution is 2.25. The van der Waals surface area contributed by atoms with Gasteiger partial charge < -0.3 is 4.84 Å². The van der Waals surface area contributed by atoms with Crippen molar-refractivity contribution < 1.29 is 24.3 Å². The molecule has 12 heteroatoms. The van der Waals surface area contributed by atoms with Crippen molar-refractivity contribution in [2.45, 2.75) is 6.92 Å². The van der Waals surface area contributed by atoms with Gasteiger partial charge in [0.2, 0.25) is 0 Å². The Morgan fingerprint density at radius 3 is 2.30 bits per heavy atom. The highest BCUT2D eigenvalue weighted by molar-refractivity contribution is 5.95. The number of azo groups is 1. The number of carbonyl (C=O) groups excluding carboxylic acids is 2. The molecule has 33 heavy (non-hydrogen) atoms. The molecule has 0 unspecified atom stereocenters. The summed E-state index contributed by atoms with van der Waals surface area (Å²) < 4.78 is 0. The first-order chi connectivity index (χ1) is 15.7. The lowest BCUT2D eigenvalue weighted by Crippen LogP contribution is -2.12. The van der Waals surface area contributed by atoms with Crippen LogP contribution in [0, 0.1) is 27.2 Å². The maximum absolute atomic E-state index is 12.2. The second kappa shape index (κ2) is 9.87. The number of rotatable bonds is 7. The summed E-state index contributed by atoms with van der Waals surface area (Å²) in [6.45, 7) is 1.85. The number of hydrogen-bond acceptors (Lipinski definition) is 9. The number of anilines is 1. The van der Waals surface area contributed by atoms with Crippen LogP contribution in [-0.2, 0) is 4.84 Å². The number of nitro groups is 2. The van der Waals surface area contributed by atoms with Crippen LogP contribution in [0.4, 0.5) is 22.7 Å². The summed E-state index contributed by atoms with van der Waals surface area (Å²) in [6.07, 6.45) is 0. The summed E-state index contributed by atoms with van der Waals surface area (Å²) >= 11 is 0. The molecule has 0 radical (unpaired) electrons. The number of hydrogen-bond donors (Lipinski definition) is 1. The van der Waals surface area contributed by atoms with Gasteiger partial charge in [0.05, 0.1) is 27.3 Å². The fourth-order valence-electron chi connectivity index (χ4n) is 2.65. The minimum absolute atomic E-state index is 0.303. The maximum atomic E-state index is 12.2. The van der Waals surface area contributed by atoms with Crippen molar-refractivity contribution in [2.75, 3.05) is 5.48 Å². The Balaban J connectivity index is 1.64. The van der Waals surface area contributed by atoms with E-state index < -0.39 is 38.7 Å². The highest BCUT2D eigenvalue weighted by Gasteiger charge is 2.25. The minimum Gasteiger partial charge on any atom is -0.338 e. The predicted octanol–water partition coefficient (Wildman–Crippen LogP) is 4.92. The first-order valence-electron chi connectivity index (χ1n) is 9.27. The molecular formula is C21H15N5O7. The zero-order valence-corrected chi connectivity index (χ0v) is 17.0. The van der Waals surface area contributed by atoms with E-state index in [2.05, 4.69) is 15.7 Å². The molecule has 3 rings (SSSR count). The predicted molar refractivity (Wildman–Crippen MR) is 115 cm³/mol. The molecule has 1 amide bonds. The van der Waals surface area contributed by atoms with Crippen LogP contribution in [-0.4, -0.2) is 21.7 Å². The lowest BCUT2D eigenvalue weighted by atomic mass is 10.1. The van der Waals surface area contributed by atoms with Gasteiger partial charge >= 0.3 is 5.97 Å². The van der Waals surface area contributed by atoms with Crippen molar-refractivity contribution in [3.63, 3.8) is 0 Å². The third-order valence-corrected chi connectivity index (χ3v) is 4.26. The SMILES string of the molecule is Cc1cccc(C(=O)N=Nc2ccc(NOC(=O)c3ccc([N+](=O)[O-])cc3[N+](=O)[O-])cc2)c1. The molecule has 0 bridgehead atoms. The van der Waals surface area contributed by atoms with Gasteiger partial charge in [0.15, 0.2) is 0 Å². The van der Waals surface area contributed by atoms with Gasteiger partial charge in [0, 0.05) is 11.6 Å². The van der Waals surface area contributed by atoms with E-state index in [4.69, 9.17) is 4.84 Å². The number of nitrogens with one attached hydrogen (secondary N) is 1. The first kappa shape index (κ1) is 22.7. The van der Waals surface area contributed by atoms with Crippen molar-refractivity contribution >= 4 is 34.6 Å². The molecule has 0 aliphatic rings. The number of carbonyl (C=O) groups is 2. The Labute approximate surface area is 185 Å². The Kier molecular flexibility index (Phi) is 6.78. The molecule has 0 spiro atoms.